The lowest BCUT2D eigenvalue weighted by Gasteiger charge is -2.07. The van der Waals surface area contributed by atoms with Gasteiger partial charge in [-0.2, -0.15) is 14.0 Å². The zero-order valence-corrected chi connectivity index (χ0v) is 15.7. The molecular formula is C20H19FN6O2. The molecule has 0 atom stereocenters. The zero-order chi connectivity index (χ0) is 20.2. The molecule has 148 valence electrons. The van der Waals surface area contributed by atoms with E-state index in [-0.39, 0.29) is 17.1 Å². The van der Waals surface area contributed by atoms with Gasteiger partial charge in [-0.3, -0.25) is 4.79 Å². The number of ether oxygens (including phenoxy) is 1. The van der Waals surface area contributed by atoms with E-state index in [0.29, 0.717) is 23.6 Å². The van der Waals surface area contributed by atoms with Crippen molar-refractivity contribution in [1.82, 2.24) is 29.5 Å². The van der Waals surface area contributed by atoms with Crippen LogP contribution in [0.5, 0.6) is 5.75 Å². The summed E-state index contributed by atoms with van der Waals surface area (Å²) in [6, 6.07) is 8.38. The Hall–Kier alpha value is -3.75. The molecule has 3 heterocycles. The van der Waals surface area contributed by atoms with Gasteiger partial charge in [0.05, 0.1) is 25.3 Å². The van der Waals surface area contributed by atoms with E-state index < -0.39 is 5.95 Å². The van der Waals surface area contributed by atoms with Crippen LogP contribution in [0.25, 0.3) is 16.9 Å². The SMILES string of the molecule is COc1ccc(-c2cc(F)n3ncc(C(=O)NCCCn4ccnc4)c3n2)cc1. The molecular weight excluding hydrogens is 375 g/mol. The molecule has 0 spiro atoms. The first-order valence-corrected chi connectivity index (χ1v) is 9.08. The lowest BCUT2D eigenvalue weighted by atomic mass is 10.1. The standard InChI is InChI=1S/C20H19FN6O2/c1-29-15-5-3-14(4-6-15)17-11-18(21)27-19(25-17)16(12-24-27)20(28)23-7-2-9-26-10-8-22-13-26/h3-6,8,10-13H,2,7,9H2,1H3,(H,23,28). The number of methoxy groups -OCH3 is 1. The van der Waals surface area contributed by atoms with Crippen molar-refractivity contribution in [3.8, 4) is 17.0 Å². The number of aromatic nitrogens is 5. The molecule has 0 aliphatic heterocycles. The first-order valence-electron chi connectivity index (χ1n) is 9.08. The summed E-state index contributed by atoms with van der Waals surface area (Å²) in [5.41, 5.74) is 1.51. The van der Waals surface area contributed by atoms with Crippen molar-refractivity contribution < 1.29 is 13.9 Å². The number of halogens is 1. The summed E-state index contributed by atoms with van der Waals surface area (Å²) in [5, 5.41) is 6.78. The first kappa shape index (κ1) is 18.6. The van der Waals surface area contributed by atoms with Gasteiger partial charge in [0.2, 0.25) is 5.95 Å². The van der Waals surface area contributed by atoms with Crippen LogP contribution in [0.15, 0.2) is 55.2 Å². The molecule has 0 fully saturated rings. The molecule has 0 bridgehead atoms. The van der Waals surface area contributed by atoms with Crippen LogP contribution in [0.4, 0.5) is 4.39 Å². The predicted molar refractivity (Wildman–Crippen MR) is 104 cm³/mol. The summed E-state index contributed by atoms with van der Waals surface area (Å²) in [6.45, 7) is 1.21. The average Bonchev–Trinajstić information content (AvgIpc) is 3.41. The molecule has 0 radical (unpaired) electrons. The maximum Gasteiger partial charge on any atom is 0.256 e. The second-order valence-corrected chi connectivity index (χ2v) is 6.40. The van der Waals surface area contributed by atoms with Crippen molar-refractivity contribution in [2.75, 3.05) is 13.7 Å². The number of rotatable bonds is 7. The van der Waals surface area contributed by atoms with Crippen LogP contribution in [0.2, 0.25) is 0 Å². The summed E-state index contributed by atoms with van der Waals surface area (Å²) in [4.78, 5) is 21.0. The number of hydrogen-bond donors (Lipinski definition) is 1. The van der Waals surface area contributed by atoms with Gasteiger partial charge in [-0.1, -0.05) is 0 Å². The molecule has 0 saturated carbocycles. The molecule has 1 amide bonds. The molecule has 4 rings (SSSR count). The molecule has 0 aliphatic rings. The third-order valence-corrected chi connectivity index (χ3v) is 4.50. The van der Waals surface area contributed by atoms with Crippen LogP contribution in [-0.2, 0) is 6.54 Å². The van der Waals surface area contributed by atoms with Gasteiger partial charge < -0.3 is 14.6 Å². The van der Waals surface area contributed by atoms with E-state index in [1.807, 2.05) is 10.8 Å². The fourth-order valence-corrected chi connectivity index (χ4v) is 2.97. The highest BCUT2D eigenvalue weighted by Crippen LogP contribution is 2.23. The molecule has 4 aromatic rings. The second-order valence-electron chi connectivity index (χ2n) is 6.40. The quantitative estimate of drug-likeness (QED) is 0.385. The van der Waals surface area contributed by atoms with Crippen molar-refractivity contribution in [1.29, 1.82) is 0 Å². The molecule has 0 unspecified atom stereocenters. The van der Waals surface area contributed by atoms with Gasteiger partial charge in [0.25, 0.3) is 5.91 Å². The van der Waals surface area contributed by atoms with Crippen molar-refractivity contribution in [3.63, 3.8) is 0 Å². The summed E-state index contributed by atoms with van der Waals surface area (Å²) in [5.74, 6) is -0.250. The van der Waals surface area contributed by atoms with Gasteiger partial charge in [0, 0.05) is 37.1 Å². The number of carbonyl (C=O) groups excluding carboxylic acids is 1. The van der Waals surface area contributed by atoms with Crippen LogP contribution in [0, 0.1) is 5.95 Å². The lowest BCUT2D eigenvalue weighted by Crippen LogP contribution is -2.25. The number of nitrogens with zero attached hydrogens (tertiary/aromatic N) is 5. The normalized spacial score (nSPS) is 11.0. The minimum absolute atomic E-state index is 0.169. The molecule has 1 N–H and O–H groups in total. The highest BCUT2D eigenvalue weighted by atomic mass is 19.1. The monoisotopic (exact) mass is 394 g/mol. The number of nitrogens with one attached hydrogen (secondary N) is 1. The van der Waals surface area contributed by atoms with Gasteiger partial charge in [-0.25, -0.2) is 9.97 Å². The van der Waals surface area contributed by atoms with E-state index in [1.165, 1.54) is 12.3 Å². The summed E-state index contributed by atoms with van der Waals surface area (Å²) in [7, 11) is 1.57. The molecule has 0 aliphatic carbocycles. The highest BCUT2D eigenvalue weighted by Gasteiger charge is 2.17. The Labute approximate surface area is 166 Å². The van der Waals surface area contributed by atoms with E-state index in [0.717, 1.165) is 17.5 Å². The van der Waals surface area contributed by atoms with Gasteiger partial charge in [-0.05, 0) is 30.7 Å². The van der Waals surface area contributed by atoms with Crippen LogP contribution >= 0.6 is 0 Å². The Bertz CT molecular complexity index is 1120. The Kier molecular flexibility index (Phi) is 5.19. The number of hydrogen-bond acceptors (Lipinski definition) is 5. The number of carbonyl (C=O) groups is 1. The molecule has 3 aromatic heterocycles. The van der Waals surface area contributed by atoms with Gasteiger partial charge in [0.1, 0.15) is 11.3 Å². The smallest absolute Gasteiger partial charge is 0.256 e. The van der Waals surface area contributed by atoms with Crippen molar-refractivity contribution in [2.45, 2.75) is 13.0 Å². The van der Waals surface area contributed by atoms with Crippen LogP contribution in [0.1, 0.15) is 16.8 Å². The molecule has 8 nitrogen and oxygen atoms in total. The van der Waals surface area contributed by atoms with Crippen LogP contribution in [0.3, 0.4) is 0 Å². The summed E-state index contributed by atoms with van der Waals surface area (Å²) in [6.07, 6.45) is 7.35. The van der Waals surface area contributed by atoms with Crippen LogP contribution in [-0.4, -0.2) is 43.7 Å². The van der Waals surface area contributed by atoms with E-state index in [1.54, 1.807) is 43.9 Å². The minimum atomic E-state index is -0.597. The minimum Gasteiger partial charge on any atom is -0.497 e. The Balaban J connectivity index is 1.53. The largest absolute Gasteiger partial charge is 0.497 e. The maximum absolute atomic E-state index is 14.5. The average molecular weight is 394 g/mol. The van der Waals surface area contributed by atoms with Crippen molar-refractivity contribution >= 4 is 11.6 Å². The third-order valence-electron chi connectivity index (χ3n) is 4.50. The number of fused-ring (bicyclic) bond motifs is 1. The molecule has 9 heteroatoms. The van der Waals surface area contributed by atoms with E-state index in [9.17, 15) is 9.18 Å². The fraction of sp³-hybridized carbons (Fsp3) is 0.200. The van der Waals surface area contributed by atoms with Crippen molar-refractivity contribution in [2.24, 2.45) is 0 Å². The van der Waals surface area contributed by atoms with E-state index in [2.05, 4.69) is 20.4 Å². The van der Waals surface area contributed by atoms with E-state index in [4.69, 9.17) is 4.74 Å². The second kappa shape index (κ2) is 8.09. The van der Waals surface area contributed by atoms with Gasteiger partial charge in [0.15, 0.2) is 5.65 Å². The summed E-state index contributed by atoms with van der Waals surface area (Å²) < 4.78 is 22.6. The Morgan fingerprint density at radius 3 is 2.83 bits per heavy atom. The van der Waals surface area contributed by atoms with Gasteiger partial charge >= 0.3 is 0 Å². The fourth-order valence-electron chi connectivity index (χ4n) is 2.97. The molecule has 29 heavy (non-hydrogen) atoms. The Morgan fingerprint density at radius 1 is 1.28 bits per heavy atom. The topological polar surface area (TPSA) is 86.3 Å². The van der Waals surface area contributed by atoms with Crippen LogP contribution < -0.4 is 10.1 Å². The third kappa shape index (κ3) is 3.93. The highest BCUT2D eigenvalue weighted by molar-refractivity contribution is 5.99. The van der Waals surface area contributed by atoms with E-state index >= 15 is 0 Å². The van der Waals surface area contributed by atoms with Crippen molar-refractivity contribution in [3.05, 3.63) is 66.8 Å². The Morgan fingerprint density at radius 2 is 2.10 bits per heavy atom. The first-order chi connectivity index (χ1) is 14.2. The number of benzene rings is 1. The zero-order valence-electron chi connectivity index (χ0n) is 15.7. The number of amides is 1. The maximum atomic E-state index is 14.5. The number of imidazole rings is 1. The predicted octanol–water partition coefficient (Wildman–Crippen LogP) is 2.56. The molecule has 1 aromatic carbocycles. The molecule has 0 saturated heterocycles. The van der Waals surface area contributed by atoms with Gasteiger partial charge in [-0.15, -0.1) is 0 Å². The lowest BCUT2D eigenvalue weighted by molar-refractivity contribution is 0.0954. The number of aryl methyl sites for hydroxylation is 1. The summed E-state index contributed by atoms with van der Waals surface area (Å²) >= 11 is 0.